The summed E-state index contributed by atoms with van der Waals surface area (Å²) < 4.78 is 18.2. The number of anilines is 1. The zero-order valence-corrected chi connectivity index (χ0v) is 16.7. The molecule has 2 aliphatic rings. The number of carbonyl (C=O) groups is 1. The summed E-state index contributed by atoms with van der Waals surface area (Å²) >= 11 is 0. The number of nitrogen functional groups attached to an aromatic ring is 1. The number of esters is 1. The van der Waals surface area contributed by atoms with Crippen LogP contribution in [-0.4, -0.2) is 11.1 Å². The molecule has 2 aliphatic heterocycles. The van der Waals surface area contributed by atoms with Gasteiger partial charge in [-0.1, -0.05) is 18.2 Å². The summed E-state index contributed by atoms with van der Waals surface area (Å²) in [5, 5.41) is 10.1. The summed E-state index contributed by atoms with van der Waals surface area (Å²) in [4.78, 5) is 12.8. The molecule has 0 saturated heterocycles. The van der Waals surface area contributed by atoms with E-state index in [0.717, 1.165) is 5.56 Å². The van der Waals surface area contributed by atoms with Gasteiger partial charge in [-0.15, -0.1) is 0 Å². The summed E-state index contributed by atoms with van der Waals surface area (Å²) in [5.74, 6) is 1.70. The molecule has 0 aliphatic carbocycles. The Balaban J connectivity index is 1.53. The SMILES string of the molecule is Nc1ccc(Oc2ccc3c(c2)Oc2cc(O)ccc2C32OC(=O)c3ccccc32)cc1. The third kappa shape index (κ3) is 2.56. The van der Waals surface area contributed by atoms with E-state index < -0.39 is 11.6 Å². The Kier molecular flexibility index (Phi) is 3.74. The van der Waals surface area contributed by atoms with E-state index in [2.05, 4.69) is 0 Å². The van der Waals surface area contributed by atoms with Crippen LogP contribution in [0.1, 0.15) is 27.0 Å². The maximum Gasteiger partial charge on any atom is 0.340 e. The lowest BCUT2D eigenvalue weighted by Gasteiger charge is -2.36. The normalized spacial score (nSPS) is 17.7. The second kappa shape index (κ2) is 6.52. The highest BCUT2D eigenvalue weighted by molar-refractivity contribution is 5.97. The van der Waals surface area contributed by atoms with Crippen LogP contribution >= 0.6 is 0 Å². The number of phenolic OH excluding ortho intramolecular Hbond substituents is 1. The van der Waals surface area contributed by atoms with Gasteiger partial charge in [-0.05, 0) is 54.6 Å². The number of fused-ring (bicyclic) bond motifs is 6. The van der Waals surface area contributed by atoms with Gasteiger partial charge in [0.25, 0.3) is 0 Å². The number of hydrogen-bond acceptors (Lipinski definition) is 6. The second-order valence-electron chi connectivity index (χ2n) is 7.73. The lowest BCUT2D eigenvalue weighted by Crippen LogP contribution is -2.32. The molecule has 6 heteroatoms. The molecule has 2 heterocycles. The van der Waals surface area contributed by atoms with Crippen LogP contribution in [0.5, 0.6) is 28.7 Å². The molecule has 0 radical (unpaired) electrons. The first-order valence-corrected chi connectivity index (χ1v) is 10.1. The Morgan fingerprint density at radius 1 is 0.781 bits per heavy atom. The van der Waals surface area contributed by atoms with Crippen molar-refractivity contribution in [2.75, 3.05) is 5.73 Å². The first-order valence-electron chi connectivity index (χ1n) is 10.1. The number of phenols is 1. The first-order chi connectivity index (χ1) is 15.5. The van der Waals surface area contributed by atoms with Crippen LogP contribution in [0, 0.1) is 0 Å². The zero-order chi connectivity index (χ0) is 21.9. The molecule has 1 atom stereocenters. The number of rotatable bonds is 2. The lowest BCUT2D eigenvalue weighted by atomic mass is 9.77. The number of aromatic hydroxyl groups is 1. The van der Waals surface area contributed by atoms with E-state index >= 15 is 0 Å². The Hall–Kier alpha value is -4.45. The predicted octanol–water partition coefficient (Wildman–Crippen LogP) is 5.33. The Morgan fingerprint density at radius 2 is 1.47 bits per heavy atom. The largest absolute Gasteiger partial charge is 0.508 e. The molecule has 3 N–H and O–H groups in total. The summed E-state index contributed by atoms with van der Waals surface area (Å²) in [7, 11) is 0. The van der Waals surface area contributed by atoms with E-state index in [4.69, 9.17) is 19.9 Å². The highest BCUT2D eigenvalue weighted by Crippen LogP contribution is 2.57. The van der Waals surface area contributed by atoms with Gasteiger partial charge >= 0.3 is 5.97 Å². The molecular weight excluding hydrogens is 406 g/mol. The van der Waals surface area contributed by atoms with Gasteiger partial charge in [0, 0.05) is 34.5 Å². The average Bonchev–Trinajstić information content (AvgIpc) is 3.08. The highest BCUT2D eigenvalue weighted by Gasteiger charge is 2.53. The standard InChI is InChI=1S/C26H17NO5/c27-15-5-8-17(9-6-15)30-18-10-12-22-24(14-18)31-23-13-16(28)7-11-21(23)26(22)20-4-2-1-3-19(20)25(29)32-26/h1-14,28H,27H2. The van der Waals surface area contributed by atoms with Crippen molar-refractivity contribution in [3.8, 4) is 28.7 Å². The van der Waals surface area contributed by atoms with Crippen LogP contribution in [-0.2, 0) is 10.3 Å². The molecule has 0 aromatic heterocycles. The van der Waals surface area contributed by atoms with Crippen molar-refractivity contribution >= 4 is 11.7 Å². The molecule has 4 aromatic rings. The fourth-order valence-corrected chi connectivity index (χ4v) is 4.38. The van der Waals surface area contributed by atoms with Crippen molar-refractivity contribution in [3.05, 3.63) is 107 Å². The molecule has 0 fully saturated rings. The molecule has 1 spiro atoms. The van der Waals surface area contributed by atoms with Crippen LogP contribution < -0.4 is 15.2 Å². The Morgan fingerprint density at radius 3 is 2.28 bits per heavy atom. The van der Waals surface area contributed by atoms with Crippen molar-refractivity contribution in [3.63, 3.8) is 0 Å². The van der Waals surface area contributed by atoms with Gasteiger partial charge in [0.2, 0.25) is 0 Å². The highest BCUT2D eigenvalue weighted by atomic mass is 16.6. The summed E-state index contributed by atoms with van der Waals surface area (Å²) in [6, 6.07) is 24.6. The summed E-state index contributed by atoms with van der Waals surface area (Å²) in [6.45, 7) is 0. The molecule has 4 aromatic carbocycles. The average molecular weight is 423 g/mol. The monoisotopic (exact) mass is 423 g/mol. The molecule has 1 unspecified atom stereocenters. The van der Waals surface area contributed by atoms with Crippen LogP contribution in [0.4, 0.5) is 5.69 Å². The number of hydrogen-bond donors (Lipinski definition) is 2. The van der Waals surface area contributed by atoms with Gasteiger partial charge in [-0.25, -0.2) is 4.79 Å². The quantitative estimate of drug-likeness (QED) is 0.334. The van der Waals surface area contributed by atoms with E-state index in [-0.39, 0.29) is 5.75 Å². The Bertz CT molecular complexity index is 1400. The van der Waals surface area contributed by atoms with Crippen LogP contribution in [0.25, 0.3) is 0 Å². The molecule has 32 heavy (non-hydrogen) atoms. The number of ether oxygens (including phenoxy) is 3. The summed E-state index contributed by atoms with van der Waals surface area (Å²) in [5.41, 5.74) is 7.77. The smallest absolute Gasteiger partial charge is 0.340 e. The van der Waals surface area contributed by atoms with E-state index in [0.29, 0.717) is 45.4 Å². The predicted molar refractivity (Wildman–Crippen MR) is 117 cm³/mol. The van der Waals surface area contributed by atoms with Crippen molar-refractivity contribution in [1.29, 1.82) is 0 Å². The molecular formula is C26H17NO5. The zero-order valence-electron chi connectivity index (χ0n) is 16.7. The first kappa shape index (κ1) is 18.3. The van der Waals surface area contributed by atoms with E-state index in [9.17, 15) is 9.90 Å². The Labute approximate surface area is 183 Å². The fraction of sp³-hybridized carbons (Fsp3) is 0.0385. The summed E-state index contributed by atoms with van der Waals surface area (Å²) in [6.07, 6.45) is 0. The molecule has 0 bridgehead atoms. The number of benzene rings is 4. The van der Waals surface area contributed by atoms with Gasteiger partial charge in [-0.2, -0.15) is 0 Å². The number of carbonyl (C=O) groups excluding carboxylic acids is 1. The lowest BCUT2D eigenvalue weighted by molar-refractivity contribution is 0.0224. The third-order valence-electron chi connectivity index (χ3n) is 5.78. The van der Waals surface area contributed by atoms with Crippen molar-refractivity contribution in [2.45, 2.75) is 5.60 Å². The minimum atomic E-state index is -1.18. The number of nitrogens with two attached hydrogens (primary N) is 1. The van der Waals surface area contributed by atoms with Gasteiger partial charge in [0.1, 0.15) is 28.7 Å². The van der Waals surface area contributed by atoms with E-state index in [1.807, 2.05) is 18.2 Å². The van der Waals surface area contributed by atoms with Gasteiger partial charge in [-0.3, -0.25) is 0 Å². The van der Waals surface area contributed by atoms with E-state index in [1.165, 1.54) is 6.07 Å². The van der Waals surface area contributed by atoms with Gasteiger partial charge in [0.15, 0.2) is 5.60 Å². The third-order valence-corrected chi connectivity index (χ3v) is 5.78. The molecule has 156 valence electrons. The van der Waals surface area contributed by atoms with Gasteiger partial charge < -0.3 is 25.1 Å². The second-order valence-corrected chi connectivity index (χ2v) is 7.73. The van der Waals surface area contributed by atoms with Gasteiger partial charge in [0.05, 0.1) is 5.56 Å². The van der Waals surface area contributed by atoms with Crippen molar-refractivity contribution in [2.24, 2.45) is 0 Å². The molecule has 0 amide bonds. The topological polar surface area (TPSA) is 91.0 Å². The maximum atomic E-state index is 12.8. The minimum absolute atomic E-state index is 0.0502. The van der Waals surface area contributed by atoms with Crippen molar-refractivity contribution < 1.29 is 24.1 Å². The molecule has 6 nitrogen and oxygen atoms in total. The van der Waals surface area contributed by atoms with E-state index in [1.54, 1.807) is 60.7 Å². The van der Waals surface area contributed by atoms with Crippen LogP contribution in [0.3, 0.4) is 0 Å². The minimum Gasteiger partial charge on any atom is -0.508 e. The molecule has 0 saturated carbocycles. The van der Waals surface area contributed by atoms with Crippen molar-refractivity contribution in [1.82, 2.24) is 0 Å². The van der Waals surface area contributed by atoms with Crippen LogP contribution in [0.2, 0.25) is 0 Å². The fourth-order valence-electron chi connectivity index (χ4n) is 4.38. The maximum absolute atomic E-state index is 12.8. The van der Waals surface area contributed by atoms with Crippen LogP contribution in [0.15, 0.2) is 84.9 Å². The molecule has 6 rings (SSSR count).